The Labute approximate surface area is 119 Å². The first-order valence-electron chi connectivity index (χ1n) is 7.06. The SMILES string of the molecule is CC/C=C/CCC(C)c1cc(O)c(C(=O)CC)c(=O)o1. The largest absolute Gasteiger partial charge is 0.507 e. The molecule has 0 saturated carbocycles. The van der Waals surface area contributed by atoms with Crippen LogP contribution < -0.4 is 5.63 Å². The lowest BCUT2D eigenvalue weighted by molar-refractivity contribution is 0.0980. The summed E-state index contributed by atoms with van der Waals surface area (Å²) in [6, 6.07) is 1.39. The monoisotopic (exact) mass is 278 g/mol. The van der Waals surface area contributed by atoms with Crippen molar-refractivity contribution in [1.29, 1.82) is 0 Å². The van der Waals surface area contributed by atoms with Gasteiger partial charge in [-0.25, -0.2) is 4.79 Å². The van der Waals surface area contributed by atoms with Gasteiger partial charge in [0.15, 0.2) is 5.78 Å². The van der Waals surface area contributed by atoms with Crippen LogP contribution in [0.3, 0.4) is 0 Å². The maximum atomic E-state index is 11.8. The summed E-state index contributed by atoms with van der Waals surface area (Å²) in [6.45, 7) is 5.64. The average Bonchev–Trinajstić information content (AvgIpc) is 2.42. The molecule has 1 N–H and O–H groups in total. The van der Waals surface area contributed by atoms with Crippen molar-refractivity contribution in [3.05, 3.63) is 40.0 Å². The van der Waals surface area contributed by atoms with Crippen molar-refractivity contribution in [3.8, 4) is 5.75 Å². The summed E-state index contributed by atoms with van der Waals surface area (Å²) in [5.74, 6) is -0.244. The van der Waals surface area contributed by atoms with E-state index in [0.29, 0.717) is 5.76 Å². The number of aromatic hydroxyl groups is 1. The van der Waals surface area contributed by atoms with Gasteiger partial charge in [0.25, 0.3) is 0 Å². The van der Waals surface area contributed by atoms with Gasteiger partial charge in [-0.1, -0.05) is 32.9 Å². The van der Waals surface area contributed by atoms with Crippen LogP contribution in [-0.2, 0) is 0 Å². The molecule has 0 aliphatic rings. The number of carbonyl (C=O) groups is 1. The number of rotatable bonds is 7. The Hall–Kier alpha value is -1.84. The van der Waals surface area contributed by atoms with Gasteiger partial charge in [-0.05, 0) is 19.3 Å². The Morgan fingerprint density at radius 3 is 2.65 bits per heavy atom. The van der Waals surface area contributed by atoms with Crippen molar-refractivity contribution >= 4 is 5.78 Å². The lowest BCUT2D eigenvalue weighted by Crippen LogP contribution is -2.15. The molecule has 0 amide bonds. The first kappa shape index (κ1) is 16.2. The zero-order chi connectivity index (χ0) is 15.1. The molecule has 0 fully saturated rings. The second-order valence-corrected chi connectivity index (χ2v) is 4.83. The van der Waals surface area contributed by atoms with Gasteiger partial charge in [0.2, 0.25) is 0 Å². The molecule has 1 aromatic rings. The molecule has 4 heteroatoms. The molecule has 0 spiro atoms. The topological polar surface area (TPSA) is 67.5 Å². The summed E-state index contributed by atoms with van der Waals surface area (Å²) in [4.78, 5) is 23.3. The van der Waals surface area contributed by atoms with E-state index in [4.69, 9.17) is 4.42 Å². The maximum absolute atomic E-state index is 11.8. The number of Topliss-reactive ketones (excluding diaryl/α,β-unsaturated/α-hetero) is 1. The Morgan fingerprint density at radius 2 is 2.10 bits per heavy atom. The minimum absolute atomic E-state index is 0.0147. The Morgan fingerprint density at radius 1 is 1.40 bits per heavy atom. The fourth-order valence-corrected chi connectivity index (χ4v) is 1.95. The van der Waals surface area contributed by atoms with Gasteiger partial charge in [-0.15, -0.1) is 0 Å². The van der Waals surface area contributed by atoms with Crippen LogP contribution in [0.25, 0.3) is 0 Å². The molecule has 1 aromatic heterocycles. The highest BCUT2D eigenvalue weighted by molar-refractivity contribution is 5.97. The van der Waals surface area contributed by atoms with Gasteiger partial charge in [0.1, 0.15) is 17.1 Å². The molecule has 0 aliphatic heterocycles. The normalized spacial score (nSPS) is 12.8. The molecule has 0 aromatic carbocycles. The molecule has 20 heavy (non-hydrogen) atoms. The number of carbonyl (C=O) groups excluding carboxylic acids is 1. The van der Waals surface area contributed by atoms with Crippen LogP contribution >= 0.6 is 0 Å². The third-order valence-electron chi connectivity index (χ3n) is 3.20. The highest BCUT2D eigenvalue weighted by Gasteiger charge is 2.19. The van der Waals surface area contributed by atoms with Crippen LogP contribution in [-0.4, -0.2) is 10.9 Å². The van der Waals surface area contributed by atoms with Gasteiger partial charge < -0.3 is 9.52 Å². The van der Waals surface area contributed by atoms with Crippen molar-refractivity contribution < 1.29 is 14.3 Å². The van der Waals surface area contributed by atoms with Gasteiger partial charge in [0, 0.05) is 18.4 Å². The summed E-state index contributed by atoms with van der Waals surface area (Å²) in [5, 5.41) is 9.84. The molecule has 0 radical (unpaired) electrons. The number of hydrogen-bond donors (Lipinski definition) is 1. The Bertz CT molecular complexity index is 540. The van der Waals surface area contributed by atoms with E-state index in [1.54, 1.807) is 6.92 Å². The van der Waals surface area contributed by atoms with Crippen LogP contribution in [0.5, 0.6) is 5.75 Å². The number of allylic oxidation sites excluding steroid dienone is 2. The van der Waals surface area contributed by atoms with Crippen LogP contribution in [0.1, 0.15) is 68.5 Å². The third-order valence-corrected chi connectivity index (χ3v) is 3.20. The van der Waals surface area contributed by atoms with Crippen molar-refractivity contribution in [1.82, 2.24) is 0 Å². The van der Waals surface area contributed by atoms with Crippen molar-refractivity contribution in [2.24, 2.45) is 0 Å². The molecular formula is C16H22O4. The van der Waals surface area contributed by atoms with E-state index >= 15 is 0 Å². The summed E-state index contributed by atoms with van der Waals surface area (Å²) in [7, 11) is 0. The molecule has 0 bridgehead atoms. The van der Waals surface area contributed by atoms with Crippen LogP contribution in [0, 0.1) is 0 Å². The van der Waals surface area contributed by atoms with E-state index in [1.165, 1.54) is 6.07 Å². The fraction of sp³-hybridized carbons (Fsp3) is 0.500. The van der Waals surface area contributed by atoms with Crippen LogP contribution in [0.4, 0.5) is 0 Å². The lowest BCUT2D eigenvalue weighted by atomic mass is 10.0. The number of ketones is 1. The maximum Gasteiger partial charge on any atom is 0.350 e. The summed E-state index contributed by atoms with van der Waals surface area (Å²) < 4.78 is 5.17. The van der Waals surface area contributed by atoms with E-state index < -0.39 is 11.4 Å². The highest BCUT2D eigenvalue weighted by atomic mass is 16.4. The van der Waals surface area contributed by atoms with Crippen molar-refractivity contribution in [3.63, 3.8) is 0 Å². The highest BCUT2D eigenvalue weighted by Crippen LogP contribution is 2.25. The smallest absolute Gasteiger partial charge is 0.350 e. The zero-order valence-corrected chi connectivity index (χ0v) is 12.3. The van der Waals surface area contributed by atoms with E-state index in [9.17, 15) is 14.7 Å². The van der Waals surface area contributed by atoms with E-state index in [0.717, 1.165) is 19.3 Å². The van der Waals surface area contributed by atoms with Gasteiger partial charge >= 0.3 is 5.63 Å². The molecule has 0 saturated heterocycles. The van der Waals surface area contributed by atoms with Crippen molar-refractivity contribution in [2.45, 2.75) is 52.4 Å². The van der Waals surface area contributed by atoms with Gasteiger partial charge in [-0.2, -0.15) is 0 Å². The Kier molecular flexibility index (Phi) is 6.22. The zero-order valence-electron chi connectivity index (χ0n) is 12.3. The minimum Gasteiger partial charge on any atom is -0.507 e. The lowest BCUT2D eigenvalue weighted by Gasteiger charge is -2.10. The fourth-order valence-electron chi connectivity index (χ4n) is 1.95. The molecule has 1 heterocycles. The molecule has 110 valence electrons. The van der Waals surface area contributed by atoms with Crippen LogP contribution in [0.2, 0.25) is 0 Å². The summed E-state index contributed by atoms with van der Waals surface area (Å²) >= 11 is 0. The standard InChI is InChI=1S/C16H22O4/c1-4-6-7-8-9-11(3)14-10-13(18)15(12(17)5-2)16(19)20-14/h6-7,10-11,18H,4-5,8-9H2,1-3H3/b7-6+. The Balaban J connectivity index is 2.90. The van der Waals surface area contributed by atoms with Gasteiger partial charge in [-0.3, -0.25) is 4.79 Å². The summed E-state index contributed by atoms with van der Waals surface area (Å²) in [5.41, 5.74) is -0.989. The van der Waals surface area contributed by atoms with E-state index in [2.05, 4.69) is 19.1 Å². The molecule has 1 rings (SSSR count). The average molecular weight is 278 g/mol. The minimum atomic E-state index is -0.747. The second-order valence-electron chi connectivity index (χ2n) is 4.83. The summed E-state index contributed by atoms with van der Waals surface area (Å²) in [6.07, 6.45) is 7.04. The number of hydrogen-bond acceptors (Lipinski definition) is 4. The first-order chi connectivity index (χ1) is 9.51. The second kappa shape index (κ2) is 7.68. The van der Waals surface area contributed by atoms with E-state index in [1.807, 2.05) is 6.92 Å². The molecule has 4 nitrogen and oxygen atoms in total. The quantitative estimate of drug-likeness (QED) is 0.608. The molecule has 1 atom stereocenters. The molecular weight excluding hydrogens is 256 g/mol. The van der Waals surface area contributed by atoms with Crippen LogP contribution in [0.15, 0.2) is 27.4 Å². The molecule has 1 unspecified atom stereocenters. The van der Waals surface area contributed by atoms with E-state index in [-0.39, 0.29) is 23.7 Å². The van der Waals surface area contributed by atoms with Crippen molar-refractivity contribution in [2.75, 3.05) is 0 Å². The van der Waals surface area contributed by atoms with Gasteiger partial charge in [0.05, 0.1) is 0 Å². The first-order valence-corrected chi connectivity index (χ1v) is 7.06. The predicted molar refractivity (Wildman–Crippen MR) is 78.3 cm³/mol. The predicted octanol–water partition coefficient (Wildman–Crippen LogP) is 3.79. The third kappa shape index (κ3) is 4.08. The molecule has 0 aliphatic carbocycles.